The minimum absolute atomic E-state index is 0.124. The van der Waals surface area contributed by atoms with Gasteiger partial charge in [0.15, 0.2) is 0 Å². The molecule has 0 unspecified atom stereocenters. The van der Waals surface area contributed by atoms with Crippen molar-refractivity contribution in [1.82, 2.24) is 0 Å². The Kier molecular flexibility index (Phi) is 3.17. The average Bonchev–Trinajstić information content (AvgIpc) is 2.01. The van der Waals surface area contributed by atoms with Crippen LogP contribution in [0.3, 0.4) is 0 Å². The van der Waals surface area contributed by atoms with E-state index in [9.17, 15) is 5.11 Å². The second-order valence-corrected chi connectivity index (χ2v) is 4.22. The Labute approximate surface area is 85.5 Å². The topological polar surface area (TPSA) is 29.5 Å². The zero-order valence-corrected chi connectivity index (χ0v) is 9.24. The summed E-state index contributed by atoms with van der Waals surface area (Å²) in [5, 5.41) is 9.90. The first-order valence-corrected chi connectivity index (χ1v) is 4.90. The molecule has 1 aromatic rings. The molecule has 78 valence electrons. The molecule has 0 amide bonds. The standard InChI is InChI=1S/C12H18O2/c1-9(2)14-11-8-6-5-7-10(11)12(3,4)13/h5-9,13H,1-4H3. The molecule has 0 aliphatic carbocycles. The number of ether oxygens (including phenoxy) is 1. The van der Waals surface area contributed by atoms with E-state index in [1.165, 1.54) is 0 Å². The second kappa shape index (κ2) is 4.01. The van der Waals surface area contributed by atoms with Crippen LogP contribution in [0.1, 0.15) is 33.3 Å². The molecule has 0 aliphatic rings. The molecule has 2 nitrogen and oxygen atoms in total. The smallest absolute Gasteiger partial charge is 0.125 e. The third kappa shape index (κ3) is 2.74. The molecule has 0 bridgehead atoms. The highest BCUT2D eigenvalue weighted by atomic mass is 16.5. The van der Waals surface area contributed by atoms with E-state index in [4.69, 9.17) is 4.74 Å². The van der Waals surface area contributed by atoms with Gasteiger partial charge in [-0.2, -0.15) is 0 Å². The first-order valence-electron chi connectivity index (χ1n) is 4.90. The van der Waals surface area contributed by atoms with Gasteiger partial charge in [-0.15, -0.1) is 0 Å². The summed E-state index contributed by atoms with van der Waals surface area (Å²) in [5.41, 5.74) is -0.0282. The first-order chi connectivity index (χ1) is 6.41. The quantitative estimate of drug-likeness (QED) is 0.801. The minimum Gasteiger partial charge on any atom is -0.491 e. The summed E-state index contributed by atoms with van der Waals surface area (Å²) in [6, 6.07) is 7.58. The van der Waals surface area contributed by atoms with Crippen LogP contribution in [0.15, 0.2) is 24.3 Å². The Morgan fingerprint density at radius 3 is 2.29 bits per heavy atom. The lowest BCUT2D eigenvalue weighted by Crippen LogP contribution is -2.18. The highest BCUT2D eigenvalue weighted by Crippen LogP contribution is 2.29. The molecule has 0 heterocycles. The summed E-state index contributed by atoms with van der Waals surface area (Å²) < 4.78 is 5.61. The van der Waals surface area contributed by atoms with Gasteiger partial charge in [-0.3, -0.25) is 0 Å². The lowest BCUT2D eigenvalue weighted by atomic mass is 9.97. The van der Waals surface area contributed by atoms with Gasteiger partial charge in [-0.25, -0.2) is 0 Å². The Morgan fingerprint density at radius 1 is 1.21 bits per heavy atom. The maximum atomic E-state index is 9.90. The molecule has 2 heteroatoms. The van der Waals surface area contributed by atoms with Gasteiger partial charge in [-0.05, 0) is 33.8 Å². The summed E-state index contributed by atoms with van der Waals surface area (Å²) in [5.74, 6) is 0.759. The van der Waals surface area contributed by atoms with Crippen molar-refractivity contribution in [3.63, 3.8) is 0 Å². The monoisotopic (exact) mass is 194 g/mol. The molecule has 1 N–H and O–H groups in total. The molecule has 1 rings (SSSR count). The van der Waals surface area contributed by atoms with Crippen molar-refractivity contribution in [3.05, 3.63) is 29.8 Å². The zero-order valence-electron chi connectivity index (χ0n) is 9.24. The predicted molar refractivity (Wildman–Crippen MR) is 57.5 cm³/mol. The molecular weight excluding hydrogens is 176 g/mol. The lowest BCUT2D eigenvalue weighted by molar-refractivity contribution is 0.0732. The number of hydrogen-bond acceptors (Lipinski definition) is 2. The highest BCUT2D eigenvalue weighted by molar-refractivity contribution is 5.37. The fourth-order valence-electron chi connectivity index (χ4n) is 1.33. The minimum atomic E-state index is -0.856. The predicted octanol–water partition coefficient (Wildman–Crippen LogP) is 2.70. The van der Waals surface area contributed by atoms with E-state index < -0.39 is 5.60 Å². The van der Waals surface area contributed by atoms with Gasteiger partial charge < -0.3 is 9.84 Å². The Morgan fingerprint density at radius 2 is 1.79 bits per heavy atom. The normalized spacial score (nSPS) is 11.9. The van der Waals surface area contributed by atoms with Crippen LogP contribution in [0.4, 0.5) is 0 Å². The summed E-state index contributed by atoms with van der Waals surface area (Å²) in [6.07, 6.45) is 0.124. The first kappa shape index (κ1) is 11.1. The molecule has 0 saturated carbocycles. The largest absolute Gasteiger partial charge is 0.491 e. The zero-order chi connectivity index (χ0) is 10.8. The van der Waals surface area contributed by atoms with Gasteiger partial charge >= 0.3 is 0 Å². The van der Waals surface area contributed by atoms with Crippen LogP contribution in [0, 0.1) is 0 Å². The number of hydrogen-bond donors (Lipinski definition) is 1. The number of rotatable bonds is 3. The number of para-hydroxylation sites is 1. The second-order valence-electron chi connectivity index (χ2n) is 4.22. The van der Waals surface area contributed by atoms with Crippen molar-refractivity contribution >= 4 is 0 Å². The van der Waals surface area contributed by atoms with Gasteiger partial charge in [0, 0.05) is 5.56 Å². The molecular formula is C12H18O2. The lowest BCUT2D eigenvalue weighted by Gasteiger charge is -2.22. The van der Waals surface area contributed by atoms with Crippen LogP contribution in [-0.2, 0) is 5.60 Å². The van der Waals surface area contributed by atoms with Crippen molar-refractivity contribution < 1.29 is 9.84 Å². The van der Waals surface area contributed by atoms with Gasteiger partial charge in [0.2, 0.25) is 0 Å². The average molecular weight is 194 g/mol. The van der Waals surface area contributed by atoms with Crippen LogP contribution in [-0.4, -0.2) is 11.2 Å². The third-order valence-electron chi connectivity index (χ3n) is 1.91. The molecule has 0 fully saturated rings. The molecule has 0 aliphatic heterocycles. The number of benzene rings is 1. The molecule has 0 atom stereocenters. The molecule has 1 aromatic carbocycles. The van der Waals surface area contributed by atoms with E-state index in [0.29, 0.717) is 0 Å². The van der Waals surface area contributed by atoms with Crippen LogP contribution in [0.5, 0.6) is 5.75 Å². The molecule has 0 spiro atoms. The maximum Gasteiger partial charge on any atom is 0.125 e. The fraction of sp³-hybridized carbons (Fsp3) is 0.500. The summed E-state index contributed by atoms with van der Waals surface area (Å²) in [6.45, 7) is 7.47. The molecule has 0 radical (unpaired) electrons. The summed E-state index contributed by atoms with van der Waals surface area (Å²) >= 11 is 0. The highest BCUT2D eigenvalue weighted by Gasteiger charge is 2.20. The third-order valence-corrected chi connectivity index (χ3v) is 1.91. The SMILES string of the molecule is CC(C)Oc1ccccc1C(C)(C)O. The van der Waals surface area contributed by atoms with Crippen LogP contribution >= 0.6 is 0 Å². The fourth-order valence-corrected chi connectivity index (χ4v) is 1.33. The van der Waals surface area contributed by atoms with Crippen molar-refractivity contribution in [2.75, 3.05) is 0 Å². The van der Waals surface area contributed by atoms with Crippen molar-refractivity contribution in [3.8, 4) is 5.75 Å². The Hall–Kier alpha value is -1.02. The Bertz CT molecular complexity index is 297. The van der Waals surface area contributed by atoms with E-state index in [-0.39, 0.29) is 6.10 Å². The van der Waals surface area contributed by atoms with Gasteiger partial charge in [-0.1, -0.05) is 18.2 Å². The van der Waals surface area contributed by atoms with Gasteiger partial charge in [0.05, 0.1) is 11.7 Å². The van der Waals surface area contributed by atoms with E-state index >= 15 is 0 Å². The van der Waals surface area contributed by atoms with Gasteiger partial charge in [0.25, 0.3) is 0 Å². The van der Waals surface area contributed by atoms with Crippen molar-refractivity contribution in [1.29, 1.82) is 0 Å². The van der Waals surface area contributed by atoms with Crippen molar-refractivity contribution in [2.45, 2.75) is 39.4 Å². The van der Waals surface area contributed by atoms with E-state index in [1.54, 1.807) is 13.8 Å². The van der Waals surface area contributed by atoms with Crippen LogP contribution in [0.25, 0.3) is 0 Å². The maximum absolute atomic E-state index is 9.90. The van der Waals surface area contributed by atoms with E-state index in [0.717, 1.165) is 11.3 Å². The van der Waals surface area contributed by atoms with Gasteiger partial charge in [0.1, 0.15) is 5.75 Å². The van der Waals surface area contributed by atoms with Crippen LogP contribution < -0.4 is 4.74 Å². The van der Waals surface area contributed by atoms with E-state index in [1.807, 2.05) is 38.1 Å². The number of aliphatic hydroxyl groups is 1. The Balaban J connectivity index is 3.04. The molecule has 0 aromatic heterocycles. The molecule has 0 saturated heterocycles. The molecule has 14 heavy (non-hydrogen) atoms. The summed E-state index contributed by atoms with van der Waals surface area (Å²) in [4.78, 5) is 0. The van der Waals surface area contributed by atoms with Crippen LogP contribution in [0.2, 0.25) is 0 Å². The van der Waals surface area contributed by atoms with Crippen molar-refractivity contribution in [2.24, 2.45) is 0 Å². The summed E-state index contributed by atoms with van der Waals surface area (Å²) in [7, 11) is 0. The van der Waals surface area contributed by atoms with E-state index in [2.05, 4.69) is 0 Å².